The standard InChI is InChI=1S/C12H24NOP/c13-11-9-7-5-3-1-2-4-6-8-10-12-15-14/h1-11,13H2. The number of hydrogen-bond donors (Lipinski definition) is 1. The molecule has 15 heavy (non-hydrogen) atoms. The van der Waals surface area contributed by atoms with Gasteiger partial charge >= 0.3 is 88.9 Å². The quantitative estimate of drug-likeness (QED) is 0.452. The summed E-state index contributed by atoms with van der Waals surface area (Å²) in [6.45, 7) is 0.839. The van der Waals surface area contributed by atoms with Crippen LogP contribution in [0.4, 0.5) is 0 Å². The molecule has 0 unspecified atom stereocenters. The van der Waals surface area contributed by atoms with Crippen molar-refractivity contribution in [3.05, 3.63) is 0 Å². The van der Waals surface area contributed by atoms with Crippen LogP contribution < -0.4 is 5.73 Å². The van der Waals surface area contributed by atoms with E-state index in [4.69, 9.17) is 5.73 Å². The number of rotatable bonds is 10. The summed E-state index contributed by atoms with van der Waals surface area (Å²) in [4.78, 5) is 0. The van der Waals surface area contributed by atoms with Gasteiger partial charge in [0, 0.05) is 0 Å². The van der Waals surface area contributed by atoms with Gasteiger partial charge in [-0.2, -0.15) is 0 Å². The van der Waals surface area contributed by atoms with Gasteiger partial charge in [0.05, 0.1) is 0 Å². The van der Waals surface area contributed by atoms with Crippen molar-refractivity contribution in [3.8, 4) is 5.63 Å². The first-order valence-corrected chi connectivity index (χ1v) is 6.98. The molecule has 0 aromatic rings. The molecule has 0 bridgehead atoms. The van der Waals surface area contributed by atoms with E-state index in [1.807, 2.05) is 0 Å². The van der Waals surface area contributed by atoms with E-state index in [1.54, 1.807) is 0 Å². The fraction of sp³-hybridized carbons (Fsp3) is 0.917. The first-order valence-electron chi connectivity index (χ1n) is 6.17. The SMILES string of the molecule is NCCCCCCCCCCCC#P=O. The number of unbranched alkanes of at least 4 members (excludes halogenated alkanes) is 9. The molecule has 0 amide bonds. The summed E-state index contributed by atoms with van der Waals surface area (Å²) in [5.41, 5.74) is 8.20. The fourth-order valence-corrected chi connectivity index (χ4v) is 1.88. The van der Waals surface area contributed by atoms with Gasteiger partial charge < -0.3 is 5.73 Å². The predicted molar refractivity (Wildman–Crippen MR) is 66.7 cm³/mol. The zero-order valence-electron chi connectivity index (χ0n) is 9.71. The summed E-state index contributed by atoms with van der Waals surface area (Å²) in [6, 6.07) is 0. The van der Waals surface area contributed by atoms with Crippen molar-refractivity contribution >= 4 is 7.92 Å². The summed E-state index contributed by atoms with van der Waals surface area (Å²) in [5, 5.41) is 0. The summed E-state index contributed by atoms with van der Waals surface area (Å²) in [5.74, 6) is 0. The van der Waals surface area contributed by atoms with E-state index >= 15 is 0 Å². The minimum absolute atomic E-state index is 0.0651. The second kappa shape index (κ2) is 14.0. The fourth-order valence-electron chi connectivity index (χ4n) is 1.63. The first kappa shape index (κ1) is 15.0. The van der Waals surface area contributed by atoms with E-state index in [9.17, 15) is 4.57 Å². The molecule has 2 nitrogen and oxygen atoms in total. The van der Waals surface area contributed by atoms with E-state index in [-0.39, 0.29) is 7.92 Å². The third kappa shape index (κ3) is 14.0. The van der Waals surface area contributed by atoms with E-state index < -0.39 is 0 Å². The van der Waals surface area contributed by atoms with Crippen molar-refractivity contribution in [1.82, 2.24) is 0 Å². The topological polar surface area (TPSA) is 43.1 Å². The van der Waals surface area contributed by atoms with Gasteiger partial charge in [0.25, 0.3) is 0 Å². The van der Waals surface area contributed by atoms with Gasteiger partial charge in [0.15, 0.2) is 0 Å². The monoisotopic (exact) mass is 229 g/mol. The van der Waals surface area contributed by atoms with Crippen LogP contribution in [-0.2, 0) is 4.57 Å². The number of hydrogen-bond acceptors (Lipinski definition) is 2. The van der Waals surface area contributed by atoms with Crippen molar-refractivity contribution in [1.29, 1.82) is 0 Å². The Morgan fingerprint density at radius 2 is 1.27 bits per heavy atom. The van der Waals surface area contributed by atoms with Crippen molar-refractivity contribution < 1.29 is 4.57 Å². The Kier molecular flexibility index (Phi) is 13.9. The maximum atomic E-state index is 10.0. The molecule has 0 saturated carbocycles. The molecule has 0 saturated heterocycles. The van der Waals surface area contributed by atoms with Gasteiger partial charge in [0.1, 0.15) is 0 Å². The molecule has 0 fully saturated rings. The molecule has 0 aromatic carbocycles. The van der Waals surface area contributed by atoms with E-state index in [2.05, 4.69) is 5.63 Å². The van der Waals surface area contributed by atoms with Gasteiger partial charge in [-0.25, -0.2) is 0 Å². The molecule has 0 spiro atoms. The Hall–Kier alpha value is -0.0300. The van der Waals surface area contributed by atoms with Gasteiger partial charge in [-0.15, -0.1) is 0 Å². The van der Waals surface area contributed by atoms with E-state index in [1.165, 1.54) is 51.4 Å². The van der Waals surface area contributed by atoms with Crippen LogP contribution in [0.5, 0.6) is 0 Å². The van der Waals surface area contributed by atoms with Crippen LogP contribution in [0.2, 0.25) is 0 Å². The summed E-state index contributed by atoms with van der Waals surface area (Å²) in [6.07, 6.45) is 12.5. The van der Waals surface area contributed by atoms with Crippen molar-refractivity contribution in [3.63, 3.8) is 0 Å². The Labute approximate surface area is 95.1 Å². The van der Waals surface area contributed by atoms with Crippen LogP contribution in [0.15, 0.2) is 0 Å². The molecule has 0 aromatic heterocycles. The molecule has 0 aliphatic rings. The molecule has 0 heterocycles. The molecule has 0 atom stereocenters. The van der Waals surface area contributed by atoms with Gasteiger partial charge in [-0.3, -0.25) is 0 Å². The van der Waals surface area contributed by atoms with Crippen molar-refractivity contribution in [2.75, 3.05) is 6.54 Å². The number of nitrogens with two attached hydrogens (primary N) is 1. The predicted octanol–water partition coefficient (Wildman–Crippen LogP) is 4.10. The van der Waals surface area contributed by atoms with Gasteiger partial charge in [-0.05, 0) is 0 Å². The molecular formula is C12H24NOP. The zero-order chi connectivity index (χ0) is 11.2. The second-order valence-electron chi connectivity index (χ2n) is 3.97. The third-order valence-corrected chi connectivity index (χ3v) is 2.91. The van der Waals surface area contributed by atoms with Crippen molar-refractivity contribution in [2.45, 2.75) is 64.2 Å². The second-order valence-corrected chi connectivity index (χ2v) is 4.47. The van der Waals surface area contributed by atoms with Crippen LogP contribution in [0.1, 0.15) is 64.2 Å². The molecule has 3 heteroatoms. The molecule has 0 radical (unpaired) electrons. The molecule has 0 aliphatic heterocycles. The van der Waals surface area contributed by atoms with Crippen LogP contribution in [0.25, 0.3) is 0 Å². The van der Waals surface area contributed by atoms with E-state index in [0.29, 0.717) is 0 Å². The Morgan fingerprint density at radius 1 is 0.800 bits per heavy atom. The van der Waals surface area contributed by atoms with Crippen LogP contribution in [0, 0.1) is 5.63 Å². The van der Waals surface area contributed by atoms with Crippen LogP contribution >= 0.6 is 7.92 Å². The third-order valence-electron chi connectivity index (χ3n) is 2.56. The molecule has 2 N–H and O–H groups in total. The molecule has 0 aliphatic carbocycles. The van der Waals surface area contributed by atoms with Gasteiger partial charge in [-0.1, -0.05) is 0 Å². The Balaban J connectivity index is 2.91. The Bertz CT molecular complexity index is 211. The average Bonchev–Trinajstić information content (AvgIpc) is 2.26. The molecular weight excluding hydrogens is 205 g/mol. The molecule has 88 valence electrons. The minimum atomic E-state index is 0.0651. The van der Waals surface area contributed by atoms with Crippen LogP contribution in [0.3, 0.4) is 0 Å². The van der Waals surface area contributed by atoms with Gasteiger partial charge in [0.2, 0.25) is 0 Å². The normalized spacial score (nSPS) is 9.93. The zero-order valence-corrected chi connectivity index (χ0v) is 10.6. The van der Waals surface area contributed by atoms with Crippen LogP contribution in [-0.4, -0.2) is 6.54 Å². The molecule has 0 rings (SSSR count). The summed E-state index contributed by atoms with van der Waals surface area (Å²) in [7, 11) is 0.0651. The maximum absolute atomic E-state index is 10.0. The Morgan fingerprint density at radius 3 is 1.73 bits per heavy atom. The summed E-state index contributed by atoms with van der Waals surface area (Å²) >= 11 is 0. The average molecular weight is 229 g/mol. The first-order chi connectivity index (χ1) is 7.41. The van der Waals surface area contributed by atoms with E-state index in [0.717, 1.165) is 19.4 Å². The van der Waals surface area contributed by atoms with Crippen molar-refractivity contribution in [2.24, 2.45) is 5.73 Å². The summed E-state index contributed by atoms with van der Waals surface area (Å²) < 4.78 is 10.0.